The summed E-state index contributed by atoms with van der Waals surface area (Å²) in [6, 6.07) is 0. The standard InChI is InChI=1S/C21H32O7/c1-4-17(23)19(28-15(2)22)14-16-18(24)11-13-21(16,26)12-9-7-5-6-8-10-20(25)27-3/h11,13-14,17,19,23,26H,4-10,12H2,1-3H3. The lowest BCUT2D eigenvalue weighted by Gasteiger charge is -2.25. The van der Waals surface area contributed by atoms with E-state index in [1.165, 1.54) is 32.3 Å². The van der Waals surface area contributed by atoms with Gasteiger partial charge in [-0.3, -0.25) is 14.4 Å². The maximum Gasteiger partial charge on any atom is 0.305 e. The van der Waals surface area contributed by atoms with Gasteiger partial charge in [-0.15, -0.1) is 0 Å². The second-order valence-corrected chi connectivity index (χ2v) is 7.10. The zero-order valence-electron chi connectivity index (χ0n) is 17.0. The molecule has 0 aromatic rings. The first-order valence-corrected chi connectivity index (χ1v) is 9.83. The normalized spacial score (nSPS) is 22.3. The molecule has 0 amide bonds. The summed E-state index contributed by atoms with van der Waals surface area (Å²) >= 11 is 0. The zero-order valence-corrected chi connectivity index (χ0v) is 17.0. The second kappa shape index (κ2) is 11.8. The molecule has 0 heterocycles. The van der Waals surface area contributed by atoms with E-state index >= 15 is 0 Å². The number of aliphatic hydroxyl groups is 2. The molecule has 3 atom stereocenters. The summed E-state index contributed by atoms with van der Waals surface area (Å²) in [5.41, 5.74) is -1.29. The third-order valence-electron chi connectivity index (χ3n) is 4.84. The SMILES string of the molecule is CCC(O)C(C=C1C(=O)C=CC1(O)CCCCCCCC(=O)OC)OC(C)=O. The van der Waals surface area contributed by atoms with Gasteiger partial charge in [-0.05, 0) is 43.9 Å². The molecular weight excluding hydrogens is 364 g/mol. The first-order valence-electron chi connectivity index (χ1n) is 9.83. The predicted octanol–water partition coefficient (Wildman–Crippen LogP) is 2.39. The van der Waals surface area contributed by atoms with Crippen LogP contribution in [-0.2, 0) is 23.9 Å². The van der Waals surface area contributed by atoms with Crippen molar-refractivity contribution in [3.05, 3.63) is 23.8 Å². The van der Waals surface area contributed by atoms with Crippen LogP contribution in [0.25, 0.3) is 0 Å². The van der Waals surface area contributed by atoms with E-state index in [0.29, 0.717) is 25.7 Å². The lowest BCUT2D eigenvalue weighted by atomic mass is 9.88. The summed E-state index contributed by atoms with van der Waals surface area (Å²) in [6.45, 7) is 2.97. The third kappa shape index (κ3) is 7.56. The van der Waals surface area contributed by atoms with E-state index < -0.39 is 23.8 Å². The van der Waals surface area contributed by atoms with E-state index in [4.69, 9.17) is 4.74 Å². The quantitative estimate of drug-likeness (QED) is 0.296. The van der Waals surface area contributed by atoms with Crippen LogP contribution >= 0.6 is 0 Å². The summed E-state index contributed by atoms with van der Waals surface area (Å²) in [5, 5.41) is 21.0. The van der Waals surface area contributed by atoms with Crippen LogP contribution in [0, 0.1) is 0 Å². The van der Waals surface area contributed by atoms with Crippen molar-refractivity contribution in [2.75, 3.05) is 7.11 Å². The Labute approximate surface area is 166 Å². The summed E-state index contributed by atoms with van der Waals surface area (Å²) in [7, 11) is 1.37. The number of ketones is 1. The molecule has 28 heavy (non-hydrogen) atoms. The van der Waals surface area contributed by atoms with Crippen LogP contribution in [-0.4, -0.2) is 52.9 Å². The molecule has 0 aromatic heterocycles. The summed E-state index contributed by atoms with van der Waals surface area (Å²) in [5.74, 6) is -1.13. The molecule has 7 nitrogen and oxygen atoms in total. The molecule has 0 saturated heterocycles. The molecule has 0 aliphatic heterocycles. The predicted molar refractivity (Wildman–Crippen MR) is 103 cm³/mol. The first kappa shape index (κ1) is 24.0. The second-order valence-electron chi connectivity index (χ2n) is 7.10. The fourth-order valence-electron chi connectivity index (χ4n) is 3.16. The average Bonchev–Trinajstić information content (AvgIpc) is 2.94. The molecule has 0 spiro atoms. The van der Waals surface area contributed by atoms with Gasteiger partial charge in [0.1, 0.15) is 11.7 Å². The number of unbranched alkanes of at least 4 members (excludes halogenated alkanes) is 4. The molecule has 0 aromatic carbocycles. The maximum absolute atomic E-state index is 12.2. The van der Waals surface area contributed by atoms with Crippen molar-refractivity contribution < 1.29 is 34.1 Å². The fourth-order valence-corrected chi connectivity index (χ4v) is 3.16. The molecule has 2 N–H and O–H groups in total. The van der Waals surface area contributed by atoms with Crippen molar-refractivity contribution in [2.45, 2.75) is 83.0 Å². The number of carbonyl (C=O) groups excluding carboxylic acids is 3. The topological polar surface area (TPSA) is 110 Å². The van der Waals surface area contributed by atoms with Crippen LogP contribution in [0.3, 0.4) is 0 Å². The Hall–Kier alpha value is -1.99. The lowest BCUT2D eigenvalue weighted by molar-refractivity contribution is -0.149. The van der Waals surface area contributed by atoms with Gasteiger partial charge in [0.15, 0.2) is 5.78 Å². The number of carbonyl (C=O) groups is 3. The van der Waals surface area contributed by atoms with E-state index in [0.717, 1.165) is 25.7 Å². The highest BCUT2D eigenvalue weighted by Gasteiger charge is 2.38. The number of allylic oxidation sites excluding steroid dienone is 1. The number of esters is 2. The molecule has 7 heteroatoms. The number of hydrogen-bond donors (Lipinski definition) is 2. The molecule has 158 valence electrons. The monoisotopic (exact) mass is 396 g/mol. The van der Waals surface area contributed by atoms with Gasteiger partial charge in [0.2, 0.25) is 0 Å². The van der Waals surface area contributed by atoms with Crippen LogP contribution in [0.1, 0.15) is 65.2 Å². The van der Waals surface area contributed by atoms with Gasteiger partial charge in [0.05, 0.1) is 13.2 Å². The maximum atomic E-state index is 12.2. The number of ether oxygens (including phenoxy) is 2. The highest BCUT2D eigenvalue weighted by atomic mass is 16.6. The van der Waals surface area contributed by atoms with Crippen LogP contribution < -0.4 is 0 Å². The van der Waals surface area contributed by atoms with Gasteiger partial charge < -0.3 is 19.7 Å². The largest absolute Gasteiger partial charge is 0.469 e. The smallest absolute Gasteiger partial charge is 0.305 e. The summed E-state index contributed by atoms with van der Waals surface area (Å²) < 4.78 is 9.70. The van der Waals surface area contributed by atoms with Crippen molar-refractivity contribution in [3.8, 4) is 0 Å². The molecule has 1 aliphatic rings. The number of aliphatic hydroxyl groups excluding tert-OH is 1. The number of rotatable bonds is 12. The molecule has 0 radical (unpaired) electrons. The van der Waals surface area contributed by atoms with Gasteiger partial charge in [0.25, 0.3) is 0 Å². The van der Waals surface area contributed by atoms with E-state index in [2.05, 4.69) is 4.74 Å². The van der Waals surface area contributed by atoms with Gasteiger partial charge >= 0.3 is 11.9 Å². The molecule has 0 bridgehead atoms. The van der Waals surface area contributed by atoms with E-state index in [1.807, 2.05) is 0 Å². The minimum atomic E-state index is -1.42. The van der Waals surface area contributed by atoms with Crippen molar-refractivity contribution >= 4 is 17.7 Å². The Morgan fingerprint density at radius 2 is 1.86 bits per heavy atom. The van der Waals surface area contributed by atoms with Crippen molar-refractivity contribution in [3.63, 3.8) is 0 Å². The lowest BCUT2D eigenvalue weighted by Crippen LogP contribution is -2.33. The molecule has 1 aliphatic carbocycles. The van der Waals surface area contributed by atoms with Crippen LogP contribution in [0.4, 0.5) is 0 Å². The van der Waals surface area contributed by atoms with Gasteiger partial charge in [-0.1, -0.05) is 26.2 Å². The number of hydrogen-bond acceptors (Lipinski definition) is 7. The van der Waals surface area contributed by atoms with E-state index in [-0.39, 0.29) is 17.3 Å². The molecule has 0 saturated carbocycles. The van der Waals surface area contributed by atoms with Crippen LogP contribution in [0.5, 0.6) is 0 Å². The Balaban J connectivity index is 2.63. The Bertz CT molecular complexity index is 608. The molecule has 3 unspecified atom stereocenters. The first-order chi connectivity index (χ1) is 13.2. The van der Waals surface area contributed by atoms with Crippen molar-refractivity contribution in [1.29, 1.82) is 0 Å². The summed E-state index contributed by atoms with van der Waals surface area (Å²) in [4.78, 5) is 34.6. The van der Waals surface area contributed by atoms with Gasteiger partial charge in [0, 0.05) is 18.9 Å². The van der Waals surface area contributed by atoms with Gasteiger partial charge in [-0.2, -0.15) is 0 Å². The molecule has 0 fully saturated rings. The van der Waals surface area contributed by atoms with Crippen molar-refractivity contribution in [1.82, 2.24) is 0 Å². The highest BCUT2D eigenvalue weighted by Crippen LogP contribution is 2.32. The molecular formula is C21H32O7. The van der Waals surface area contributed by atoms with Crippen molar-refractivity contribution in [2.24, 2.45) is 0 Å². The summed E-state index contributed by atoms with van der Waals surface area (Å²) in [6.07, 6.45) is 7.41. The van der Waals surface area contributed by atoms with Crippen LogP contribution in [0.15, 0.2) is 23.8 Å². The van der Waals surface area contributed by atoms with E-state index in [1.54, 1.807) is 6.92 Å². The van der Waals surface area contributed by atoms with Crippen LogP contribution in [0.2, 0.25) is 0 Å². The Morgan fingerprint density at radius 3 is 2.46 bits per heavy atom. The number of methoxy groups -OCH3 is 1. The minimum Gasteiger partial charge on any atom is -0.469 e. The zero-order chi connectivity index (χ0) is 21.2. The average molecular weight is 396 g/mol. The van der Waals surface area contributed by atoms with E-state index in [9.17, 15) is 24.6 Å². The minimum absolute atomic E-state index is 0.136. The molecule has 1 rings (SSSR count). The Morgan fingerprint density at radius 1 is 1.21 bits per heavy atom. The third-order valence-corrected chi connectivity index (χ3v) is 4.84. The Kier molecular flexibility index (Phi) is 10.1. The highest BCUT2D eigenvalue weighted by molar-refractivity contribution is 6.09. The van der Waals surface area contributed by atoms with Gasteiger partial charge in [-0.25, -0.2) is 0 Å². The fraction of sp³-hybridized carbons (Fsp3) is 0.667.